The van der Waals surface area contributed by atoms with Crippen LogP contribution in [0.5, 0.6) is 5.75 Å². The van der Waals surface area contributed by atoms with Gasteiger partial charge in [-0.15, -0.1) is 0 Å². The van der Waals surface area contributed by atoms with Crippen LogP contribution in [0.15, 0.2) is 40.8 Å². The fourth-order valence-electron chi connectivity index (χ4n) is 1.94. The molecule has 2 rings (SSSR count). The minimum atomic E-state index is -0.489. The van der Waals surface area contributed by atoms with E-state index in [2.05, 4.69) is 11.7 Å². The molecule has 1 aromatic carbocycles. The Balaban J connectivity index is 2.13. The summed E-state index contributed by atoms with van der Waals surface area (Å²) in [7, 11) is 1.32. The molecule has 1 aromatic heterocycles. The Bertz CT molecular complexity index is 586. The summed E-state index contributed by atoms with van der Waals surface area (Å²) in [6.45, 7) is 3.96. The van der Waals surface area contributed by atoms with Gasteiger partial charge in [0.25, 0.3) is 0 Å². The molecule has 0 aliphatic carbocycles. The van der Waals surface area contributed by atoms with Crippen molar-refractivity contribution in [2.24, 2.45) is 0 Å². The third-order valence-electron chi connectivity index (χ3n) is 3.07. The molecule has 0 aliphatic heterocycles. The van der Waals surface area contributed by atoms with Gasteiger partial charge in [0.2, 0.25) is 5.76 Å². The average Bonchev–Trinajstić information content (AvgIpc) is 2.97. The maximum atomic E-state index is 11.4. The van der Waals surface area contributed by atoms with E-state index in [1.54, 1.807) is 12.1 Å². The lowest BCUT2D eigenvalue weighted by Crippen LogP contribution is -2.04. The van der Waals surface area contributed by atoms with Gasteiger partial charge >= 0.3 is 5.97 Å². The van der Waals surface area contributed by atoms with Crippen molar-refractivity contribution in [3.63, 3.8) is 0 Å². The van der Waals surface area contributed by atoms with Crippen molar-refractivity contribution in [3.05, 3.63) is 53.5 Å². The van der Waals surface area contributed by atoms with Crippen LogP contribution in [-0.4, -0.2) is 13.1 Å². The SMILES string of the molecule is CCc1ccccc1OC(C)c1ccc(C(=O)OC)o1. The zero-order chi connectivity index (χ0) is 14.5. The fraction of sp³-hybridized carbons (Fsp3) is 0.312. The Hall–Kier alpha value is -2.23. The predicted octanol–water partition coefficient (Wildman–Crippen LogP) is 3.77. The number of ether oxygens (including phenoxy) is 2. The summed E-state index contributed by atoms with van der Waals surface area (Å²) >= 11 is 0. The van der Waals surface area contributed by atoms with Gasteiger partial charge in [0.15, 0.2) is 6.10 Å². The highest BCUT2D eigenvalue weighted by Crippen LogP contribution is 2.26. The molecule has 0 spiro atoms. The van der Waals surface area contributed by atoms with E-state index in [9.17, 15) is 4.79 Å². The molecule has 0 N–H and O–H groups in total. The number of rotatable bonds is 5. The first-order valence-electron chi connectivity index (χ1n) is 6.58. The third kappa shape index (κ3) is 3.02. The van der Waals surface area contributed by atoms with Crippen LogP contribution in [0.4, 0.5) is 0 Å². The predicted molar refractivity (Wildman–Crippen MR) is 74.9 cm³/mol. The second-order valence-electron chi connectivity index (χ2n) is 4.41. The van der Waals surface area contributed by atoms with Gasteiger partial charge in [0, 0.05) is 0 Å². The van der Waals surface area contributed by atoms with Crippen LogP contribution in [0, 0.1) is 0 Å². The number of esters is 1. The molecule has 20 heavy (non-hydrogen) atoms. The molecule has 0 bridgehead atoms. The molecule has 1 unspecified atom stereocenters. The summed E-state index contributed by atoms with van der Waals surface area (Å²) in [5.41, 5.74) is 1.14. The van der Waals surface area contributed by atoms with Gasteiger partial charge in [-0.3, -0.25) is 0 Å². The minimum Gasteiger partial charge on any atom is -0.483 e. The molecule has 1 atom stereocenters. The van der Waals surface area contributed by atoms with E-state index < -0.39 is 5.97 Å². The van der Waals surface area contributed by atoms with E-state index in [1.165, 1.54) is 7.11 Å². The molecule has 4 nitrogen and oxygen atoms in total. The molecule has 4 heteroatoms. The van der Waals surface area contributed by atoms with Gasteiger partial charge in [-0.05, 0) is 37.1 Å². The van der Waals surface area contributed by atoms with Crippen molar-refractivity contribution in [2.45, 2.75) is 26.4 Å². The van der Waals surface area contributed by atoms with E-state index in [1.807, 2.05) is 31.2 Å². The maximum absolute atomic E-state index is 11.4. The first kappa shape index (κ1) is 14.2. The van der Waals surface area contributed by atoms with E-state index in [4.69, 9.17) is 9.15 Å². The Labute approximate surface area is 118 Å². The molecule has 0 aliphatic rings. The lowest BCUT2D eigenvalue weighted by atomic mass is 10.1. The first-order chi connectivity index (χ1) is 9.65. The van der Waals surface area contributed by atoms with Crippen LogP contribution in [0.25, 0.3) is 0 Å². The molecule has 1 heterocycles. The zero-order valence-electron chi connectivity index (χ0n) is 11.9. The van der Waals surface area contributed by atoms with Gasteiger partial charge in [0.05, 0.1) is 7.11 Å². The van der Waals surface area contributed by atoms with Gasteiger partial charge < -0.3 is 13.9 Å². The number of methoxy groups -OCH3 is 1. The van der Waals surface area contributed by atoms with E-state index >= 15 is 0 Å². The molecular formula is C16H18O4. The highest BCUT2D eigenvalue weighted by Gasteiger charge is 2.17. The maximum Gasteiger partial charge on any atom is 0.373 e. The summed E-state index contributed by atoms with van der Waals surface area (Å²) in [6.07, 6.45) is 0.621. The topological polar surface area (TPSA) is 48.7 Å². The number of hydrogen-bond donors (Lipinski definition) is 0. The van der Waals surface area contributed by atoms with Crippen LogP contribution in [0.2, 0.25) is 0 Å². The van der Waals surface area contributed by atoms with Crippen LogP contribution >= 0.6 is 0 Å². The third-order valence-corrected chi connectivity index (χ3v) is 3.07. The van der Waals surface area contributed by atoms with Crippen LogP contribution in [-0.2, 0) is 11.2 Å². The summed E-state index contributed by atoms with van der Waals surface area (Å²) in [5.74, 6) is 1.12. The van der Waals surface area contributed by atoms with Crippen molar-refractivity contribution in [2.75, 3.05) is 7.11 Å². The highest BCUT2D eigenvalue weighted by molar-refractivity contribution is 5.86. The monoisotopic (exact) mass is 274 g/mol. The number of furan rings is 1. The Morgan fingerprint density at radius 3 is 2.70 bits per heavy atom. The second-order valence-corrected chi connectivity index (χ2v) is 4.41. The van der Waals surface area contributed by atoms with Crippen LogP contribution in [0.1, 0.15) is 41.8 Å². The Kier molecular flexibility index (Phi) is 4.45. The number of hydrogen-bond acceptors (Lipinski definition) is 4. The van der Waals surface area contributed by atoms with Crippen molar-refractivity contribution in [1.82, 2.24) is 0 Å². The molecule has 106 valence electrons. The van der Waals surface area contributed by atoms with E-state index in [-0.39, 0.29) is 11.9 Å². The van der Waals surface area contributed by atoms with Crippen LogP contribution < -0.4 is 4.74 Å². The normalized spacial score (nSPS) is 11.9. The number of carbonyl (C=O) groups excluding carboxylic acids is 1. The van der Waals surface area contributed by atoms with Crippen molar-refractivity contribution >= 4 is 5.97 Å². The fourth-order valence-corrected chi connectivity index (χ4v) is 1.94. The summed E-state index contributed by atoms with van der Waals surface area (Å²) in [4.78, 5) is 11.4. The molecule has 0 radical (unpaired) electrons. The number of aryl methyl sites for hydroxylation is 1. The lowest BCUT2D eigenvalue weighted by molar-refractivity contribution is 0.0558. The summed E-state index contributed by atoms with van der Waals surface area (Å²) < 4.78 is 16.0. The van der Waals surface area contributed by atoms with E-state index in [0.29, 0.717) is 5.76 Å². The number of para-hydroxylation sites is 1. The van der Waals surface area contributed by atoms with Gasteiger partial charge in [-0.1, -0.05) is 25.1 Å². The summed E-state index contributed by atoms with van der Waals surface area (Å²) in [6, 6.07) is 11.2. The number of benzene rings is 1. The Morgan fingerprint density at radius 1 is 1.25 bits per heavy atom. The molecule has 0 saturated carbocycles. The molecule has 0 saturated heterocycles. The van der Waals surface area contributed by atoms with Gasteiger partial charge in [-0.2, -0.15) is 0 Å². The van der Waals surface area contributed by atoms with Crippen molar-refractivity contribution < 1.29 is 18.7 Å². The van der Waals surface area contributed by atoms with Gasteiger partial charge in [0.1, 0.15) is 11.5 Å². The van der Waals surface area contributed by atoms with Crippen LogP contribution in [0.3, 0.4) is 0 Å². The van der Waals surface area contributed by atoms with Gasteiger partial charge in [-0.25, -0.2) is 4.79 Å². The first-order valence-corrected chi connectivity index (χ1v) is 6.58. The zero-order valence-corrected chi connectivity index (χ0v) is 11.9. The molecular weight excluding hydrogens is 256 g/mol. The molecule has 0 fully saturated rings. The smallest absolute Gasteiger partial charge is 0.373 e. The Morgan fingerprint density at radius 2 is 2.00 bits per heavy atom. The van der Waals surface area contributed by atoms with Crippen molar-refractivity contribution in [1.29, 1.82) is 0 Å². The molecule has 0 amide bonds. The molecule has 2 aromatic rings. The lowest BCUT2D eigenvalue weighted by Gasteiger charge is -2.15. The quantitative estimate of drug-likeness (QED) is 0.779. The van der Waals surface area contributed by atoms with Crippen molar-refractivity contribution in [3.8, 4) is 5.75 Å². The average molecular weight is 274 g/mol. The second kappa shape index (κ2) is 6.28. The summed E-state index contributed by atoms with van der Waals surface area (Å²) in [5, 5.41) is 0. The standard InChI is InChI=1S/C16H18O4/c1-4-12-7-5-6-8-14(12)19-11(2)13-9-10-15(20-13)16(17)18-3/h5-11H,4H2,1-3H3. The largest absolute Gasteiger partial charge is 0.483 e. The minimum absolute atomic E-state index is 0.182. The number of carbonyl (C=O) groups is 1. The van der Waals surface area contributed by atoms with E-state index in [0.717, 1.165) is 17.7 Å². The highest BCUT2D eigenvalue weighted by atomic mass is 16.5.